The van der Waals surface area contributed by atoms with Gasteiger partial charge in [0.2, 0.25) is 0 Å². The molecule has 0 aromatic heterocycles. The van der Waals surface area contributed by atoms with Crippen molar-refractivity contribution in [2.75, 3.05) is 25.0 Å². The van der Waals surface area contributed by atoms with E-state index in [9.17, 15) is 4.79 Å². The van der Waals surface area contributed by atoms with Crippen LogP contribution in [0.25, 0.3) is 0 Å². The van der Waals surface area contributed by atoms with E-state index in [1.165, 1.54) is 0 Å². The summed E-state index contributed by atoms with van der Waals surface area (Å²) >= 11 is 0. The lowest BCUT2D eigenvalue weighted by Crippen LogP contribution is -2.28. The Labute approximate surface area is 127 Å². The first kappa shape index (κ1) is 15.8. The molecule has 1 aromatic rings. The van der Waals surface area contributed by atoms with E-state index in [4.69, 9.17) is 4.74 Å². The van der Waals surface area contributed by atoms with Crippen molar-refractivity contribution in [2.45, 2.75) is 45.6 Å². The molecule has 2 rings (SSSR count). The Morgan fingerprint density at radius 1 is 1.38 bits per heavy atom. The fraction of sp³-hybridized carbons (Fsp3) is 0.588. The van der Waals surface area contributed by atoms with Gasteiger partial charge in [-0.05, 0) is 44.7 Å². The predicted octanol–water partition coefficient (Wildman–Crippen LogP) is 3.12. The molecule has 1 heterocycles. The summed E-state index contributed by atoms with van der Waals surface area (Å²) in [6.45, 7) is 6.53. The molecule has 0 bridgehead atoms. The van der Waals surface area contributed by atoms with Gasteiger partial charge in [-0.15, -0.1) is 0 Å². The first-order valence-electron chi connectivity index (χ1n) is 7.95. The van der Waals surface area contributed by atoms with Gasteiger partial charge in [-0.1, -0.05) is 18.6 Å². The number of nitrogens with one attached hydrogen (secondary N) is 2. The monoisotopic (exact) mass is 290 g/mol. The maximum atomic E-state index is 12.4. The van der Waals surface area contributed by atoms with E-state index in [1.54, 1.807) is 0 Å². The highest BCUT2D eigenvalue weighted by Gasteiger charge is 2.16. The normalized spacial score (nSPS) is 17.7. The molecule has 1 saturated heterocycles. The Morgan fingerprint density at radius 3 is 2.95 bits per heavy atom. The number of benzene rings is 1. The number of carbonyl (C=O) groups is 1. The average molecular weight is 290 g/mol. The maximum Gasteiger partial charge on any atom is 0.253 e. The third-order valence-electron chi connectivity index (χ3n) is 3.76. The summed E-state index contributed by atoms with van der Waals surface area (Å²) in [5.74, 6) is -0.00435. The van der Waals surface area contributed by atoms with Crippen molar-refractivity contribution in [3.05, 3.63) is 29.3 Å². The Morgan fingerprint density at radius 2 is 2.24 bits per heavy atom. The average Bonchev–Trinajstić information content (AvgIpc) is 2.99. The number of hydrogen-bond donors (Lipinski definition) is 2. The number of amides is 1. The molecule has 0 saturated carbocycles. The molecule has 1 aliphatic rings. The molecule has 2 N–H and O–H groups in total. The molecule has 21 heavy (non-hydrogen) atoms. The zero-order valence-electron chi connectivity index (χ0n) is 13.1. The van der Waals surface area contributed by atoms with Crippen LogP contribution in [0.2, 0.25) is 0 Å². The van der Waals surface area contributed by atoms with Crippen LogP contribution in [0.5, 0.6) is 0 Å². The van der Waals surface area contributed by atoms with Crippen LogP contribution in [0, 0.1) is 6.92 Å². The third-order valence-corrected chi connectivity index (χ3v) is 3.76. The van der Waals surface area contributed by atoms with Gasteiger partial charge in [-0.3, -0.25) is 4.79 Å². The molecular formula is C17H26N2O2. The Bertz CT molecular complexity index is 468. The molecule has 1 atom stereocenters. The highest BCUT2D eigenvalue weighted by Crippen LogP contribution is 2.18. The van der Waals surface area contributed by atoms with Crippen LogP contribution in [-0.4, -0.2) is 31.7 Å². The summed E-state index contributed by atoms with van der Waals surface area (Å²) in [7, 11) is 0. The van der Waals surface area contributed by atoms with Crippen LogP contribution in [-0.2, 0) is 4.74 Å². The van der Waals surface area contributed by atoms with Crippen molar-refractivity contribution in [1.29, 1.82) is 0 Å². The largest absolute Gasteiger partial charge is 0.384 e. The summed E-state index contributed by atoms with van der Waals surface area (Å²) in [4.78, 5) is 12.4. The lowest BCUT2D eigenvalue weighted by atomic mass is 10.1. The second kappa shape index (κ2) is 8.03. The molecule has 1 aromatic carbocycles. The van der Waals surface area contributed by atoms with Gasteiger partial charge in [0.1, 0.15) is 0 Å². The molecule has 1 fully saturated rings. The summed E-state index contributed by atoms with van der Waals surface area (Å²) in [6.07, 6.45) is 4.51. The van der Waals surface area contributed by atoms with E-state index in [0.29, 0.717) is 12.6 Å². The first-order valence-corrected chi connectivity index (χ1v) is 7.95. The highest BCUT2D eigenvalue weighted by atomic mass is 16.5. The summed E-state index contributed by atoms with van der Waals surface area (Å²) in [5.41, 5.74) is 2.74. The van der Waals surface area contributed by atoms with Crippen LogP contribution in [0.15, 0.2) is 18.2 Å². The smallest absolute Gasteiger partial charge is 0.253 e. The lowest BCUT2D eigenvalue weighted by molar-refractivity contribution is 0.0908. The maximum absolute atomic E-state index is 12.4. The van der Waals surface area contributed by atoms with Gasteiger partial charge >= 0.3 is 0 Å². The van der Waals surface area contributed by atoms with Crippen LogP contribution in [0.1, 0.15) is 48.5 Å². The molecule has 0 radical (unpaired) electrons. The number of ether oxygens (including phenoxy) is 1. The van der Waals surface area contributed by atoms with E-state index in [0.717, 1.165) is 55.6 Å². The van der Waals surface area contributed by atoms with E-state index < -0.39 is 0 Å². The van der Waals surface area contributed by atoms with Crippen molar-refractivity contribution in [3.63, 3.8) is 0 Å². The van der Waals surface area contributed by atoms with E-state index in [-0.39, 0.29) is 5.91 Å². The minimum absolute atomic E-state index is 0.00435. The topological polar surface area (TPSA) is 50.4 Å². The van der Waals surface area contributed by atoms with Gasteiger partial charge in [0, 0.05) is 25.4 Å². The Balaban J connectivity index is 1.91. The Kier molecular flexibility index (Phi) is 6.05. The lowest BCUT2D eigenvalue weighted by Gasteiger charge is -2.14. The highest BCUT2D eigenvalue weighted by molar-refractivity contribution is 5.99. The summed E-state index contributed by atoms with van der Waals surface area (Å²) in [5, 5.41) is 6.33. The number of hydrogen-bond acceptors (Lipinski definition) is 3. The quantitative estimate of drug-likeness (QED) is 0.811. The summed E-state index contributed by atoms with van der Waals surface area (Å²) < 4.78 is 5.57. The van der Waals surface area contributed by atoms with Gasteiger partial charge in [-0.25, -0.2) is 0 Å². The number of anilines is 1. The second-order valence-corrected chi connectivity index (χ2v) is 5.66. The summed E-state index contributed by atoms with van der Waals surface area (Å²) in [6, 6.07) is 5.96. The molecule has 4 nitrogen and oxygen atoms in total. The zero-order chi connectivity index (χ0) is 15.1. The molecule has 0 aliphatic carbocycles. The SMILES string of the molecule is CCCNc1ccc(C)cc1C(=O)NCCC1CCCO1. The van der Waals surface area contributed by atoms with E-state index >= 15 is 0 Å². The molecule has 1 aliphatic heterocycles. The fourth-order valence-electron chi connectivity index (χ4n) is 2.57. The predicted molar refractivity (Wildman–Crippen MR) is 85.9 cm³/mol. The van der Waals surface area contributed by atoms with Crippen LogP contribution in [0.4, 0.5) is 5.69 Å². The van der Waals surface area contributed by atoms with E-state index in [1.807, 2.05) is 25.1 Å². The van der Waals surface area contributed by atoms with Crippen molar-refractivity contribution in [2.24, 2.45) is 0 Å². The van der Waals surface area contributed by atoms with Crippen molar-refractivity contribution in [3.8, 4) is 0 Å². The Hall–Kier alpha value is -1.55. The number of rotatable bonds is 7. The molecule has 0 spiro atoms. The van der Waals surface area contributed by atoms with Gasteiger partial charge in [0.05, 0.1) is 11.7 Å². The molecule has 1 amide bonds. The first-order chi connectivity index (χ1) is 10.2. The number of carbonyl (C=O) groups excluding carboxylic acids is 1. The minimum atomic E-state index is -0.00435. The van der Waals surface area contributed by atoms with Gasteiger partial charge < -0.3 is 15.4 Å². The van der Waals surface area contributed by atoms with Gasteiger partial charge in [-0.2, -0.15) is 0 Å². The van der Waals surface area contributed by atoms with Crippen molar-refractivity contribution in [1.82, 2.24) is 5.32 Å². The van der Waals surface area contributed by atoms with Gasteiger partial charge in [0.25, 0.3) is 5.91 Å². The van der Waals surface area contributed by atoms with Crippen LogP contribution in [0.3, 0.4) is 0 Å². The fourth-order valence-corrected chi connectivity index (χ4v) is 2.57. The second-order valence-electron chi connectivity index (χ2n) is 5.66. The van der Waals surface area contributed by atoms with Crippen molar-refractivity contribution >= 4 is 11.6 Å². The minimum Gasteiger partial charge on any atom is -0.384 e. The number of aryl methyl sites for hydroxylation is 1. The molecule has 116 valence electrons. The standard InChI is InChI=1S/C17H26N2O2/c1-3-9-18-16-7-6-13(2)12-15(16)17(20)19-10-8-14-5-4-11-21-14/h6-7,12,14,18H,3-5,8-11H2,1-2H3,(H,19,20). The third kappa shape index (κ3) is 4.74. The molecule has 1 unspecified atom stereocenters. The van der Waals surface area contributed by atoms with Gasteiger partial charge in [0.15, 0.2) is 0 Å². The molecular weight excluding hydrogens is 264 g/mol. The van der Waals surface area contributed by atoms with Crippen LogP contribution >= 0.6 is 0 Å². The van der Waals surface area contributed by atoms with Crippen LogP contribution < -0.4 is 10.6 Å². The molecule has 4 heteroatoms. The zero-order valence-corrected chi connectivity index (χ0v) is 13.1. The van der Waals surface area contributed by atoms with E-state index in [2.05, 4.69) is 17.6 Å². The van der Waals surface area contributed by atoms with Crippen molar-refractivity contribution < 1.29 is 9.53 Å².